The van der Waals surface area contributed by atoms with Crippen molar-refractivity contribution >= 4 is 29.2 Å². The number of alkyl halides is 3. The molecule has 3 amide bonds. The van der Waals surface area contributed by atoms with Crippen LogP contribution in [0.3, 0.4) is 0 Å². The fraction of sp³-hybridized carbons (Fsp3) is 0.185. The average molecular weight is 541 g/mol. The van der Waals surface area contributed by atoms with Crippen LogP contribution in [0, 0.1) is 0 Å². The minimum Gasteiger partial charge on any atom is -0.396 e. The fourth-order valence-corrected chi connectivity index (χ4v) is 3.73. The van der Waals surface area contributed by atoms with Gasteiger partial charge in [-0.05, 0) is 40.4 Å². The van der Waals surface area contributed by atoms with E-state index in [0.717, 1.165) is 23.3 Å². The summed E-state index contributed by atoms with van der Waals surface area (Å²) < 4.78 is 47.0. The highest BCUT2D eigenvalue weighted by Crippen LogP contribution is 2.33. The Kier molecular flexibility index (Phi) is 8.56. The predicted molar refractivity (Wildman–Crippen MR) is 136 cm³/mol. The topological polar surface area (TPSA) is 120 Å². The number of carbonyl (C=O) groups excluding carboxylic acids is 2. The fourth-order valence-electron chi connectivity index (χ4n) is 3.73. The summed E-state index contributed by atoms with van der Waals surface area (Å²) in [4.78, 5) is 24.8. The number of nitrogens with one attached hydrogen (secondary N) is 3. The second-order valence-electron chi connectivity index (χ2n) is 8.64. The molecule has 0 saturated heterocycles. The van der Waals surface area contributed by atoms with Crippen LogP contribution >= 0.6 is 0 Å². The second-order valence-corrected chi connectivity index (χ2v) is 8.64. The Morgan fingerprint density at radius 3 is 2.21 bits per heavy atom. The molecule has 0 bridgehead atoms. The highest BCUT2D eigenvalue weighted by atomic mass is 19.4. The molecule has 0 aliphatic rings. The number of benzene rings is 3. The van der Waals surface area contributed by atoms with Crippen LogP contribution in [-0.2, 0) is 30.4 Å². The largest absolute Gasteiger partial charge is 0.416 e. The smallest absolute Gasteiger partial charge is 0.396 e. The molecule has 9 nitrogen and oxygen atoms in total. The number of hydrogen-bond acceptors (Lipinski definition) is 5. The van der Waals surface area contributed by atoms with Crippen molar-refractivity contribution in [3.05, 3.63) is 101 Å². The van der Waals surface area contributed by atoms with Crippen LogP contribution in [0.15, 0.2) is 83.5 Å². The van der Waals surface area contributed by atoms with Gasteiger partial charge >= 0.3 is 18.1 Å². The molecular formula is C27H25F3N5O4+. The highest BCUT2D eigenvalue weighted by Gasteiger charge is 2.31. The molecule has 0 unspecified atom stereocenters. The normalized spacial score (nSPS) is 11.2. The third kappa shape index (κ3) is 8.14. The number of hydrogen-bond donors (Lipinski definition) is 4. The van der Waals surface area contributed by atoms with Crippen LogP contribution < -0.4 is 20.6 Å². The molecule has 0 aliphatic carbocycles. The molecule has 39 heavy (non-hydrogen) atoms. The minimum absolute atomic E-state index is 0.0291. The van der Waals surface area contributed by atoms with E-state index in [2.05, 4.69) is 21.2 Å². The molecule has 1 heterocycles. The summed E-state index contributed by atoms with van der Waals surface area (Å²) in [5, 5.41) is 20.0. The minimum atomic E-state index is -4.71. The van der Waals surface area contributed by atoms with Crippen LogP contribution in [0.4, 0.5) is 35.2 Å². The van der Waals surface area contributed by atoms with Crippen molar-refractivity contribution in [2.24, 2.45) is 0 Å². The summed E-state index contributed by atoms with van der Waals surface area (Å²) in [6.45, 7) is 0.394. The van der Waals surface area contributed by atoms with Gasteiger partial charge in [-0.15, -0.1) is 0 Å². The maximum atomic E-state index is 13.5. The number of aliphatic hydroxyl groups excluding tert-OH is 1. The van der Waals surface area contributed by atoms with Crippen LogP contribution in [0.2, 0.25) is 0 Å². The maximum absolute atomic E-state index is 13.5. The van der Waals surface area contributed by atoms with E-state index in [1.165, 1.54) is 16.9 Å². The van der Waals surface area contributed by atoms with Gasteiger partial charge in [-0.1, -0.05) is 54.6 Å². The maximum Gasteiger partial charge on any atom is 0.416 e. The number of aliphatic hydroxyl groups is 1. The lowest BCUT2D eigenvalue weighted by Gasteiger charge is -2.14. The van der Waals surface area contributed by atoms with Gasteiger partial charge in [0.25, 0.3) is 6.20 Å². The van der Waals surface area contributed by atoms with E-state index in [1.807, 2.05) is 24.3 Å². The van der Waals surface area contributed by atoms with E-state index in [0.29, 0.717) is 18.5 Å². The summed E-state index contributed by atoms with van der Waals surface area (Å²) in [5.74, 6) is -0.544. The van der Waals surface area contributed by atoms with Crippen molar-refractivity contribution in [1.29, 1.82) is 0 Å². The Morgan fingerprint density at radius 1 is 0.872 bits per heavy atom. The quantitative estimate of drug-likeness (QED) is 0.235. The number of amides is 3. The molecular weight excluding hydrogens is 515 g/mol. The van der Waals surface area contributed by atoms with E-state index in [9.17, 15) is 22.8 Å². The molecule has 4 rings (SSSR count). The van der Waals surface area contributed by atoms with E-state index in [1.54, 1.807) is 30.3 Å². The lowest BCUT2D eigenvalue weighted by molar-refractivity contribution is -0.754. The van der Waals surface area contributed by atoms with Crippen molar-refractivity contribution in [3.8, 4) is 0 Å². The van der Waals surface area contributed by atoms with Gasteiger partial charge < -0.3 is 15.7 Å². The van der Waals surface area contributed by atoms with Gasteiger partial charge in [0.15, 0.2) is 0 Å². The van der Waals surface area contributed by atoms with Gasteiger partial charge in [0, 0.05) is 23.5 Å². The zero-order valence-corrected chi connectivity index (χ0v) is 20.5. The lowest BCUT2D eigenvalue weighted by atomic mass is 10.1. The van der Waals surface area contributed by atoms with E-state index >= 15 is 0 Å². The predicted octanol–water partition coefficient (Wildman–Crippen LogP) is 4.39. The molecule has 0 saturated carbocycles. The molecule has 0 radical (unpaired) electrons. The first kappa shape index (κ1) is 27.3. The molecule has 0 spiro atoms. The zero-order chi connectivity index (χ0) is 27.8. The zero-order valence-electron chi connectivity index (χ0n) is 20.5. The third-order valence-electron chi connectivity index (χ3n) is 5.52. The molecule has 0 fully saturated rings. The standard InChI is InChI=1S/C27H24F3N5O4/c28-27(29,30)21-13-22(31-24(37)12-19-4-2-1-3-5-19)15-23(14-21)32-26(38)33-25-17-35(34-39-25)16-20-8-6-18(7-9-20)10-11-36/h1-9,13-15,17,36H,10-12,16H2,(H2-,31,32,33,34,37,38)/p+1. The van der Waals surface area contributed by atoms with E-state index in [-0.39, 0.29) is 30.3 Å². The monoisotopic (exact) mass is 540 g/mol. The van der Waals surface area contributed by atoms with Crippen molar-refractivity contribution in [2.45, 2.75) is 25.6 Å². The van der Waals surface area contributed by atoms with Gasteiger partial charge in [-0.25, -0.2) is 4.79 Å². The molecule has 1 aromatic heterocycles. The Hall–Kier alpha value is -4.71. The average Bonchev–Trinajstić information content (AvgIpc) is 3.31. The van der Waals surface area contributed by atoms with E-state index in [4.69, 9.17) is 9.63 Å². The molecule has 12 heteroatoms. The Morgan fingerprint density at radius 2 is 1.54 bits per heavy atom. The van der Waals surface area contributed by atoms with Crippen LogP contribution in [0.5, 0.6) is 0 Å². The summed E-state index contributed by atoms with van der Waals surface area (Å²) in [7, 11) is 0. The van der Waals surface area contributed by atoms with E-state index < -0.39 is 23.7 Å². The Labute approximate surface area is 221 Å². The number of aromatic nitrogens is 2. The molecule has 0 aliphatic heterocycles. The van der Waals surface area contributed by atoms with Crippen molar-refractivity contribution in [3.63, 3.8) is 0 Å². The second kappa shape index (κ2) is 12.2. The summed E-state index contributed by atoms with van der Waals surface area (Å²) in [6.07, 6.45) is -2.77. The summed E-state index contributed by atoms with van der Waals surface area (Å²) in [5.41, 5.74) is 1.23. The van der Waals surface area contributed by atoms with Crippen molar-refractivity contribution < 1.29 is 37.1 Å². The first-order valence-corrected chi connectivity index (χ1v) is 11.9. The number of rotatable bonds is 9. The Bertz CT molecular complexity index is 1420. The van der Waals surface area contributed by atoms with Gasteiger partial charge in [-0.2, -0.15) is 13.2 Å². The first-order valence-electron chi connectivity index (χ1n) is 11.9. The summed E-state index contributed by atoms with van der Waals surface area (Å²) in [6, 6.07) is 18.2. The molecule has 0 atom stereocenters. The van der Waals surface area contributed by atoms with Gasteiger partial charge in [0.1, 0.15) is 0 Å². The highest BCUT2D eigenvalue weighted by molar-refractivity contribution is 6.00. The lowest BCUT2D eigenvalue weighted by Crippen LogP contribution is -2.35. The number of nitrogens with zero attached hydrogens (tertiary/aromatic N) is 2. The summed E-state index contributed by atoms with van der Waals surface area (Å²) >= 11 is 0. The third-order valence-corrected chi connectivity index (χ3v) is 5.52. The Balaban J connectivity index is 1.40. The van der Waals surface area contributed by atoms with Crippen LogP contribution in [0.25, 0.3) is 0 Å². The van der Waals surface area contributed by atoms with Crippen molar-refractivity contribution in [2.75, 3.05) is 22.6 Å². The molecule has 4 N–H and O–H groups in total. The number of carbonyl (C=O) groups is 2. The molecule has 202 valence electrons. The number of anilines is 3. The molecule has 4 aromatic rings. The van der Waals surface area contributed by atoms with Gasteiger partial charge in [-0.3, -0.25) is 14.6 Å². The van der Waals surface area contributed by atoms with Crippen LogP contribution in [-0.4, -0.2) is 28.9 Å². The number of urea groups is 1. The first-order chi connectivity index (χ1) is 18.7. The van der Waals surface area contributed by atoms with Gasteiger partial charge in [0.2, 0.25) is 17.7 Å². The van der Waals surface area contributed by atoms with Gasteiger partial charge in [0.05, 0.1) is 12.0 Å². The molecule has 3 aromatic carbocycles. The van der Waals surface area contributed by atoms with Crippen LogP contribution in [0.1, 0.15) is 22.3 Å². The van der Waals surface area contributed by atoms with Crippen molar-refractivity contribution in [1.82, 2.24) is 5.27 Å². The number of halogens is 3. The SMILES string of the molecule is O=C(Cc1ccccc1)Nc1cc(NC(=O)Nc2c[n+](Cc3ccc(CCO)cc3)no2)cc(C(F)(F)F)c1.